The van der Waals surface area contributed by atoms with Crippen LogP contribution in [0, 0.1) is 0 Å². The van der Waals surface area contributed by atoms with Crippen molar-refractivity contribution >= 4 is 6.08 Å². The van der Waals surface area contributed by atoms with Gasteiger partial charge in [0.2, 0.25) is 0 Å². The van der Waals surface area contributed by atoms with E-state index in [1.54, 1.807) is 0 Å². The Kier molecular flexibility index (Phi) is 4.50. The standard InChI is InChI=1S/C18H28O/c1-9-13-11-14(10-2)16(19-18(6,7)8)15(12-13)17(3,4)5/h10-12H,2,9H2,1,3-8H3. The fourth-order valence-electron chi connectivity index (χ4n) is 2.05. The zero-order valence-electron chi connectivity index (χ0n) is 13.6. The van der Waals surface area contributed by atoms with Crippen molar-refractivity contribution in [2.75, 3.05) is 0 Å². The highest BCUT2D eigenvalue weighted by atomic mass is 16.5. The summed E-state index contributed by atoms with van der Waals surface area (Å²) in [6.45, 7) is 19.0. The lowest BCUT2D eigenvalue weighted by Gasteiger charge is -2.30. The largest absolute Gasteiger partial charge is 0.487 e. The molecular weight excluding hydrogens is 232 g/mol. The van der Waals surface area contributed by atoms with Crippen LogP contribution in [0.25, 0.3) is 6.08 Å². The summed E-state index contributed by atoms with van der Waals surface area (Å²) < 4.78 is 6.21. The van der Waals surface area contributed by atoms with Crippen molar-refractivity contribution < 1.29 is 4.74 Å². The summed E-state index contributed by atoms with van der Waals surface area (Å²) in [5.41, 5.74) is 3.55. The third kappa shape index (κ3) is 4.12. The second-order valence-corrected chi connectivity index (χ2v) is 7.08. The predicted molar refractivity (Wildman–Crippen MR) is 85.0 cm³/mol. The van der Waals surface area contributed by atoms with Gasteiger partial charge < -0.3 is 4.74 Å². The Morgan fingerprint density at radius 3 is 2.05 bits per heavy atom. The summed E-state index contributed by atoms with van der Waals surface area (Å²) in [5.74, 6) is 0.979. The van der Waals surface area contributed by atoms with Crippen LogP contribution in [0.3, 0.4) is 0 Å². The third-order valence-electron chi connectivity index (χ3n) is 3.02. The molecule has 0 saturated heterocycles. The van der Waals surface area contributed by atoms with Crippen LogP contribution in [0.15, 0.2) is 18.7 Å². The van der Waals surface area contributed by atoms with E-state index in [0.29, 0.717) is 0 Å². The van der Waals surface area contributed by atoms with Gasteiger partial charge in [0.25, 0.3) is 0 Å². The summed E-state index contributed by atoms with van der Waals surface area (Å²) in [4.78, 5) is 0. The Morgan fingerprint density at radius 2 is 1.68 bits per heavy atom. The minimum absolute atomic E-state index is 0.0591. The third-order valence-corrected chi connectivity index (χ3v) is 3.02. The maximum Gasteiger partial charge on any atom is 0.131 e. The lowest BCUT2D eigenvalue weighted by molar-refractivity contribution is 0.127. The number of rotatable bonds is 3. The predicted octanol–water partition coefficient (Wildman–Crippen LogP) is 5.37. The van der Waals surface area contributed by atoms with Crippen molar-refractivity contribution in [1.29, 1.82) is 0 Å². The van der Waals surface area contributed by atoms with Gasteiger partial charge in [-0.15, -0.1) is 0 Å². The molecule has 1 aromatic carbocycles. The highest BCUT2D eigenvalue weighted by molar-refractivity contribution is 5.61. The molecule has 0 heterocycles. The van der Waals surface area contributed by atoms with Gasteiger partial charge in [0.1, 0.15) is 11.4 Å². The molecule has 1 aromatic rings. The molecule has 0 bridgehead atoms. The molecule has 0 aliphatic heterocycles. The normalized spacial score (nSPS) is 12.4. The number of ether oxygens (including phenoxy) is 1. The molecule has 0 saturated carbocycles. The van der Waals surface area contributed by atoms with E-state index in [0.717, 1.165) is 17.7 Å². The van der Waals surface area contributed by atoms with Crippen molar-refractivity contribution in [3.63, 3.8) is 0 Å². The smallest absolute Gasteiger partial charge is 0.131 e. The highest BCUT2D eigenvalue weighted by Gasteiger charge is 2.24. The van der Waals surface area contributed by atoms with Crippen molar-refractivity contribution in [3.05, 3.63) is 35.4 Å². The van der Waals surface area contributed by atoms with E-state index in [-0.39, 0.29) is 11.0 Å². The Bertz CT molecular complexity index is 456. The Labute approximate surface area is 118 Å². The molecule has 0 fully saturated rings. The van der Waals surface area contributed by atoms with Gasteiger partial charge in [-0.05, 0) is 44.2 Å². The highest BCUT2D eigenvalue weighted by Crippen LogP contribution is 2.37. The first-order valence-corrected chi connectivity index (χ1v) is 7.07. The molecule has 19 heavy (non-hydrogen) atoms. The second kappa shape index (κ2) is 5.40. The molecule has 1 heteroatoms. The van der Waals surface area contributed by atoms with Gasteiger partial charge >= 0.3 is 0 Å². The maximum absolute atomic E-state index is 6.21. The average molecular weight is 260 g/mol. The van der Waals surface area contributed by atoms with E-state index in [9.17, 15) is 0 Å². The maximum atomic E-state index is 6.21. The minimum Gasteiger partial charge on any atom is -0.487 e. The minimum atomic E-state index is -0.203. The molecule has 0 N–H and O–H groups in total. The van der Waals surface area contributed by atoms with Crippen LogP contribution in [0.5, 0.6) is 5.75 Å². The molecule has 0 aliphatic rings. The summed E-state index contributed by atoms with van der Waals surface area (Å²) >= 11 is 0. The van der Waals surface area contributed by atoms with Gasteiger partial charge in [0.15, 0.2) is 0 Å². The quantitative estimate of drug-likeness (QED) is 0.710. The summed E-state index contributed by atoms with van der Waals surface area (Å²) in [7, 11) is 0. The monoisotopic (exact) mass is 260 g/mol. The number of aryl methyl sites for hydroxylation is 1. The van der Waals surface area contributed by atoms with Crippen LogP contribution in [-0.4, -0.2) is 5.60 Å². The van der Waals surface area contributed by atoms with E-state index >= 15 is 0 Å². The molecular formula is C18H28O. The van der Waals surface area contributed by atoms with Gasteiger partial charge in [-0.3, -0.25) is 0 Å². The van der Waals surface area contributed by atoms with Gasteiger partial charge in [0, 0.05) is 11.1 Å². The van der Waals surface area contributed by atoms with Gasteiger partial charge in [-0.25, -0.2) is 0 Å². The zero-order chi connectivity index (χ0) is 14.8. The first kappa shape index (κ1) is 15.8. The van der Waals surface area contributed by atoms with Gasteiger partial charge in [-0.2, -0.15) is 0 Å². The van der Waals surface area contributed by atoms with Crippen molar-refractivity contribution in [2.45, 2.75) is 65.9 Å². The van der Waals surface area contributed by atoms with Crippen molar-refractivity contribution in [1.82, 2.24) is 0 Å². The lowest BCUT2D eigenvalue weighted by Crippen LogP contribution is -2.26. The summed E-state index contributed by atoms with van der Waals surface area (Å²) in [5, 5.41) is 0. The molecule has 0 aliphatic carbocycles. The van der Waals surface area contributed by atoms with Crippen molar-refractivity contribution in [2.24, 2.45) is 0 Å². The molecule has 0 unspecified atom stereocenters. The number of hydrogen-bond acceptors (Lipinski definition) is 1. The van der Waals surface area contributed by atoms with E-state index in [1.807, 2.05) is 6.08 Å². The SMILES string of the molecule is C=Cc1cc(CC)cc(C(C)(C)C)c1OC(C)(C)C. The topological polar surface area (TPSA) is 9.23 Å². The van der Waals surface area contributed by atoms with Crippen LogP contribution < -0.4 is 4.74 Å². The Morgan fingerprint density at radius 1 is 1.11 bits per heavy atom. The fourth-order valence-corrected chi connectivity index (χ4v) is 2.05. The number of hydrogen-bond donors (Lipinski definition) is 0. The molecule has 0 amide bonds. The number of benzene rings is 1. The van der Waals surface area contributed by atoms with Gasteiger partial charge in [0.05, 0.1) is 0 Å². The fraction of sp³-hybridized carbons (Fsp3) is 0.556. The van der Waals surface area contributed by atoms with E-state index in [2.05, 4.69) is 67.2 Å². The molecule has 0 aromatic heterocycles. The van der Waals surface area contributed by atoms with Crippen LogP contribution in [0.2, 0.25) is 0 Å². The van der Waals surface area contributed by atoms with Crippen LogP contribution in [0.1, 0.15) is 65.2 Å². The van der Waals surface area contributed by atoms with Gasteiger partial charge in [-0.1, -0.05) is 46.4 Å². The molecule has 1 nitrogen and oxygen atoms in total. The van der Waals surface area contributed by atoms with E-state index < -0.39 is 0 Å². The van der Waals surface area contributed by atoms with Crippen LogP contribution >= 0.6 is 0 Å². The van der Waals surface area contributed by atoms with E-state index in [1.165, 1.54) is 11.1 Å². The van der Waals surface area contributed by atoms with Crippen LogP contribution in [-0.2, 0) is 11.8 Å². The summed E-state index contributed by atoms with van der Waals surface area (Å²) in [6.07, 6.45) is 2.93. The molecule has 0 radical (unpaired) electrons. The van der Waals surface area contributed by atoms with E-state index in [4.69, 9.17) is 4.74 Å². The first-order valence-electron chi connectivity index (χ1n) is 7.07. The molecule has 106 valence electrons. The molecule has 1 rings (SSSR count). The summed E-state index contributed by atoms with van der Waals surface area (Å²) in [6, 6.07) is 4.46. The average Bonchev–Trinajstić information content (AvgIpc) is 2.25. The Balaban J connectivity index is 3.51. The van der Waals surface area contributed by atoms with Crippen LogP contribution in [0.4, 0.5) is 0 Å². The molecule has 0 spiro atoms. The molecule has 0 atom stereocenters. The lowest BCUT2D eigenvalue weighted by atomic mass is 9.83. The zero-order valence-corrected chi connectivity index (χ0v) is 13.6. The second-order valence-electron chi connectivity index (χ2n) is 7.08. The Hall–Kier alpha value is -1.24. The first-order chi connectivity index (χ1) is 8.58. The van der Waals surface area contributed by atoms with Crippen molar-refractivity contribution in [3.8, 4) is 5.75 Å².